The molecule has 1 aromatic heterocycles. The predicted molar refractivity (Wildman–Crippen MR) is 81.2 cm³/mol. The summed E-state index contributed by atoms with van der Waals surface area (Å²) in [5.74, 6) is -0.162. The quantitative estimate of drug-likeness (QED) is 0.565. The minimum atomic E-state index is -4.30. The van der Waals surface area contributed by atoms with E-state index in [-0.39, 0.29) is 12.3 Å². The summed E-state index contributed by atoms with van der Waals surface area (Å²) in [6.07, 6.45) is -4.30. The van der Waals surface area contributed by atoms with E-state index in [0.29, 0.717) is 30.0 Å². The van der Waals surface area contributed by atoms with E-state index in [4.69, 9.17) is 0 Å². The van der Waals surface area contributed by atoms with Crippen molar-refractivity contribution in [2.75, 3.05) is 19.6 Å². The summed E-state index contributed by atoms with van der Waals surface area (Å²) in [6.45, 7) is 11.2. The van der Waals surface area contributed by atoms with Crippen molar-refractivity contribution >= 4 is 5.78 Å². The van der Waals surface area contributed by atoms with Crippen molar-refractivity contribution in [3.8, 4) is 0 Å². The van der Waals surface area contributed by atoms with E-state index in [1.54, 1.807) is 13.8 Å². The fourth-order valence-electron chi connectivity index (χ4n) is 2.46. The number of Topliss-reactive ketones (excluding diaryl/α,β-unsaturated/α-hetero) is 1. The molecule has 0 aliphatic rings. The highest BCUT2D eigenvalue weighted by Crippen LogP contribution is 2.23. The summed E-state index contributed by atoms with van der Waals surface area (Å²) in [6, 6.07) is 1.54. The fraction of sp³-hybridized carbons (Fsp3) is 0.562. The molecule has 1 heterocycles. The molecule has 0 amide bonds. The third kappa shape index (κ3) is 5.02. The van der Waals surface area contributed by atoms with Gasteiger partial charge in [-0.1, -0.05) is 19.1 Å². The number of likely N-dealkylation sites (N-methyl/N-ethyl adjacent to an activating group) is 1. The molecule has 0 aliphatic heterocycles. The van der Waals surface area contributed by atoms with Crippen LogP contribution < -0.4 is 0 Å². The number of carbonyl (C=O) groups excluding carboxylic acids is 1. The van der Waals surface area contributed by atoms with Gasteiger partial charge in [-0.25, -0.2) is 0 Å². The Labute approximate surface area is 129 Å². The van der Waals surface area contributed by atoms with Crippen molar-refractivity contribution in [1.82, 2.24) is 9.47 Å². The number of aromatic nitrogens is 1. The third-order valence-corrected chi connectivity index (χ3v) is 3.52. The lowest BCUT2D eigenvalue weighted by molar-refractivity contribution is -0.141. The Morgan fingerprint density at radius 2 is 1.91 bits per heavy atom. The molecule has 0 fully saturated rings. The maximum absolute atomic E-state index is 12.6. The smallest absolute Gasteiger partial charge is 0.339 e. The second kappa shape index (κ2) is 7.13. The predicted octanol–water partition coefficient (Wildman–Crippen LogP) is 3.75. The normalized spacial score (nSPS) is 12.0. The molecule has 6 heteroatoms. The van der Waals surface area contributed by atoms with Gasteiger partial charge in [-0.2, -0.15) is 13.2 Å². The van der Waals surface area contributed by atoms with Crippen molar-refractivity contribution in [1.29, 1.82) is 0 Å². The van der Waals surface area contributed by atoms with Crippen LogP contribution in [-0.4, -0.2) is 41.1 Å². The maximum Gasteiger partial charge on any atom is 0.406 e. The Hall–Kier alpha value is -1.56. The van der Waals surface area contributed by atoms with Crippen LogP contribution in [0.2, 0.25) is 0 Å². The van der Waals surface area contributed by atoms with Crippen LogP contribution >= 0.6 is 0 Å². The van der Waals surface area contributed by atoms with Crippen LogP contribution in [-0.2, 0) is 6.54 Å². The molecule has 0 N–H and O–H groups in total. The van der Waals surface area contributed by atoms with Crippen LogP contribution in [0.15, 0.2) is 18.2 Å². The zero-order chi connectivity index (χ0) is 17.1. The van der Waals surface area contributed by atoms with E-state index < -0.39 is 12.7 Å². The Morgan fingerprint density at radius 1 is 1.32 bits per heavy atom. The summed E-state index contributed by atoms with van der Waals surface area (Å²) in [4.78, 5) is 14.3. The second-order valence-corrected chi connectivity index (χ2v) is 5.67. The van der Waals surface area contributed by atoms with Gasteiger partial charge < -0.3 is 4.57 Å². The number of halogens is 3. The molecular formula is C16H23F3N2O. The van der Waals surface area contributed by atoms with Gasteiger partial charge in [0, 0.05) is 23.5 Å². The van der Waals surface area contributed by atoms with E-state index in [1.165, 1.54) is 6.07 Å². The topological polar surface area (TPSA) is 25.2 Å². The van der Waals surface area contributed by atoms with Crippen molar-refractivity contribution in [2.45, 2.75) is 40.4 Å². The van der Waals surface area contributed by atoms with E-state index in [0.717, 1.165) is 10.1 Å². The fourth-order valence-corrected chi connectivity index (χ4v) is 2.46. The molecule has 124 valence electrons. The molecule has 1 rings (SSSR count). The SMILES string of the molecule is C=C(C)CN(CC)CC(=O)c1cc(C)n(CC(F)(F)F)c1C. The molecule has 0 radical (unpaired) electrons. The number of ketones is 1. The number of hydrogen-bond acceptors (Lipinski definition) is 2. The molecule has 0 unspecified atom stereocenters. The van der Waals surface area contributed by atoms with Gasteiger partial charge >= 0.3 is 6.18 Å². The van der Waals surface area contributed by atoms with Crippen molar-refractivity contribution in [3.63, 3.8) is 0 Å². The first-order chi connectivity index (χ1) is 10.0. The highest BCUT2D eigenvalue weighted by molar-refractivity contribution is 5.99. The number of carbonyl (C=O) groups is 1. The number of hydrogen-bond donors (Lipinski definition) is 0. The summed E-state index contributed by atoms with van der Waals surface area (Å²) in [5, 5.41) is 0. The minimum Gasteiger partial charge on any atom is -0.339 e. The Balaban J connectivity index is 2.95. The summed E-state index contributed by atoms with van der Waals surface area (Å²) < 4.78 is 38.9. The first-order valence-corrected chi connectivity index (χ1v) is 7.18. The van der Waals surface area contributed by atoms with E-state index >= 15 is 0 Å². The average Bonchev–Trinajstić information content (AvgIpc) is 2.63. The zero-order valence-corrected chi connectivity index (χ0v) is 13.5. The van der Waals surface area contributed by atoms with Crippen molar-refractivity contribution < 1.29 is 18.0 Å². The molecule has 0 atom stereocenters. The number of aryl methyl sites for hydroxylation is 1. The maximum atomic E-state index is 12.6. The summed E-state index contributed by atoms with van der Waals surface area (Å²) in [5.41, 5.74) is 2.12. The van der Waals surface area contributed by atoms with Crippen LogP contribution in [0.1, 0.15) is 35.6 Å². The van der Waals surface area contributed by atoms with Crippen LogP contribution in [0.5, 0.6) is 0 Å². The lowest BCUT2D eigenvalue weighted by Gasteiger charge is -2.19. The molecule has 0 bridgehead atoms. The van der Waals surface area contributed by atoms with Crippen LogP contribution in [0.3, 0.4) is 0 Å². The largest absolute Gasteiger partial charge is 0.406 e. The molecule has 0 spiro atoms. The van der Waals surface area contributed by atoms with Crippen molar-refractivity contribution in [3.05, 3.63) is 35.2 Å². The molecule has 0 saturated carbocycles. The molecule has 3 nitrogen and oxygen atoms in total. The Morgan fingerprint density at radius 3 is 2.36 bits per heavy atom. The third-order valence-electron chi connectivity index (χ3n) is 3.52. The molecular weight excluding hydrogens is 293 g/mol. The first kappa shape index (κ1) is 18.5. The van der Waals surface area contributed by atoms with Gasteiger partial charge in [0.1, 0.15) is 6.54 Å². The van der Waals surface area contributed by atoms with Crippen LogP contribution in [0, 0.1) is 13.8 Å². The summed E-state index contributed by atoms with van der Waals surface area (Å²) in [7, 11) is 0. The van der Waals surface area contributed by atoms with Crippen LogP contribution in [0.4, 0.5) is 13.2 Å². The first-order valence-electron chi connectivity index (χ1n) is 7.18. The number of rotatable bonds is 7. The highest BCUT2D eigenvalue weighted by Gasteiger charge is 2.30. The second-order valence-electron chi connectivity index (χ2n) is 5.67. The monoisotopic (exact) mass is 316 g/mol. The standard InChI is InChI=1S/C16H23F3N2O/c1-6-20(8-11(2)3)9-15(22)14-7-12(4)21(13(14)5)10-16(17,18)19/h7H,2,6,8-10H2,1,3-5H3. The van der Waals surface area contributed by atoms with E-state index in [9.17, 15) is 18.0 Å². The lowest BCUT2D eigenvalue weighted by atomic mass is 10.1. The van der Waals surface area contributed by atoms with Gasteiger partial charge in [0.2, 0.25) is 0 Å². The van der Waals surface area contributed by atoms with Gasteiger partial charge in [0.25, 0.3) is 0 Å². The van der Waals surface area contributed by atoms with E-state index in [2.05, 4.69) is 6.58 Å². The number of nitrogens with zero attached hydrogens (tertiary/aromatic N) is 2. The molecule has 0 aromatic carbocycles. The molecule has 1 aromatic rings. The van der Waals surface area contributed by atoms with Gasteiger partial charge in [-0.05, 0) is 33.4 Å². The average molecular weight is 316 g/mol. The summed E-state index contributed by atoms with van der Waals surface area (Å²) >= 11 is 0. The zero-order valence-electron chi connectivity index (χ0n) is 13.5. The van der Waals surface area contributed by atoms with Gasteiger partial charge in [-0.15, -0.1) is 0 Å². The van der Waals surface area contributed by atoms with E-state index in [1.807, 2.05) is 18.7 Å². The lowest BCUT2D eigenvalue weighted by Crippen LogP contribution is -2.31. The van der Waals surface area contributed by atoms with Gasteiger partial charge in [0.05, 0.1) is 6.54 Å². The molecule has 0 saturated heterocycles. The number of alkyl halides is 3. The van der Waals surface area contributed by atoms with Gasteiger partial charge in [-0.3, -0.25) is 9.69 Å². The molecule has 0 aliphatic carbocycles. The Bertz CT molecular complexity index is 558. The van der Waals surface area contributed by atoms with Crippen molar-refractivity contribution in [2.24, 2.45) is 0 Å². The van der Waals surface area contributed by atoms with Crippen LogP contribution in [0.25, 0.3) is 0 Å². The minimum absolute atomic E-state index is 0.162. The highest BCUT2D eigenvalue weighted by atomic mass is 19.4. The van der Waals surface area contributed by atoms with Gasteiger partial charge in [0.15, 0.2) is 5.78 Å². The Kier molecular flexibility index (Phi) is 6.00. The molecule has 22 heavy (non-hydrogen) atoms.